The molecular formula is C12H15NO4. The van der Waals surface area contributed by atoms with Gasteiger partial charge in [-0.25, -0.2) is 9.59 Å². The second-order valence-electron chi connectivity index (χ2n) is 2.67. The fraction of sp³-hybridized carbons (Fsp3) is 0.167. The van der Waals surface area contributed by atoms with Crippen molar-refractivity contribution in [1.29, 1.82) is 0 Å². The van der Waals surface area contributed by atoms with Crippen LogP contribution in [-0.4, -0.2) is 18.5 Å². The smallest absolute Gasteiger partial charge is 0.357 e. The van der Waals surface area contributed by atoms with Gasteiger partial charge in [-0.1, -0.05) is 12.1 Å². The molecule has 0 aromatic heterocycles. The van der Waals surface area contributed by atoms with Gasteiger partial charge >= 0.3 is 11.9 Å². The van der Waals surface area contributed by atoms with Crippen LogP contribution in [0.25, 0.3) is 0 Å². The van der Waals surface area contributed by atoms with Crippen molar-refractivity contribution >= 4 is 11.9 Å². The number of esters is 1. The van der Waals surface area contributed by atoms with Crippen LogP contribution in [0.1, 0.15) is 27.6 Å². The van der Waals surface area contributed by atoms with E-state index in [2.05, 4.69) is 18.0 Å². The Morgan fingerprint density at radius 3 is 2.06 bits per heavy atom. The molecule has 1 aromatic carbocycles. The van der Waals surface area contributed by atoms with Crippen molar-refractivity contribution in [2.45, 2.75) is 6.92 Å². The normalized spacial score (nSPS) is 8.59. The van der Waals surface area contributed by atoms with Crippen LogP contribution >= 0.6 is 0 Å². The van der Waals surface area contributed by atoms with Crippen molar-refractivity contribution in [1.82, 2.24) is 0 Å². The minimum atomic E-state index is -0.765. The predicted molar refractivity (Wildman–Crippen MR) is 63.3 cm³/mol. The lowest BCUT2D eigenvalue weighted by Gasteiger charge is -2.05. The van der Waals surface area contributed by atoms with Crippen LogP contribution < -0.4 is 5.90 Å². The maximum absolute atomic E-state index is 11.4. The van der Waals surface area contributed by atoms with Crippen molar-refractivity contribution in [3.63, 3.8) is 0 Å². The third-order valence-electron chi connectivity index (χ3n) is 1.75. The van der Waals surface area contributed by atoms with E-state index in [1.165, 1.54) is 12.1 Å². The summed E-state index contributed by atoms with van der Waals surface area (Å²) in [4.78, 5) is 26.7. The molecule has 5 heteroatoms. The van der Waals surface area contributed by atoms with E-state index >= 15 is 0 Å². The van der Waals surface area contributed by atoms with Crippen LogP contribution in [0.3, 0.4) is 0 Å². The maximum Gasteiger partial charge on any atom is 0.357 e. The van der Waals surface area contributed by atoms with Gasteiger partial charge < -0.3 is 9.57 Å². The van der Waals surface area contributed by atoms with Crippen molar-refractivity contribution in [2.24, 2.45) is 5.90 Å². The van der Waals surface area contributed by atoms with Crippen molar-refractivity contribution < 1.29 is 19.2 Å². The first-order valence-corrected chi connectivity index (χ1v) is 4.88. The number of carbonyl (C=O) groups excluding carboxylic acids is 2. The summed E-state index contributed by atoms with van der Waals surface area (Å²) in [6.45, 7) is 7.92. The summed E-state index contributed by atoms with van der Waals surface area (Å²) in [7, 11) is 0. The molecule has 0 saturated carbocycles. The first kappa shape index (κ1) is 14.9. The first-order chi connectivity index (χ1) is 8.20. The Labute approximate surface area is 99.8 Å². The minimum absolute atomic E-state index is 0.0958. The van der Waals surface area contributed by atoms with Gasteiger partial charge in [0.05, 0.1) is 17.7 Å². The van der Waals surface area contributed by atoms with Crippen LogP contribution in [0.5, 0.6) is 0 Å². The Hall–Kier alpha value is -2.14. The fourth-order valence-corrected chi connectivity index (χ4v) is 1.11. The van der Waals surface area contributed by atoms with E-state index in [-0.39, 0.29) is 17.7 Å². The third kappa shape index (κ3) is 4.08. The summed E-state index contributed by atoms with van der Waals surface area (Å²) in [5, 5.41) is 0. The standard InChI is InChI=1S/C10H11NO4.C2H4/c1-2-14-9(12)7-5-3-4-6-8(7)10(13)15-11;1-2/h3-6H,2,11H2,1H3;1-2H2. The van der Waals surface area contributed by atoms with Gasteiger partial charge in [-0.2, -0.15) is 5.90 Å². The molecule has 17 heavy (non-hydrogen) atoms. The Morgan fingerprint density at radius 1 is 1.18 bits per heavy atom. The Balaban J connectivity index is 0.00000121. The molecule has 2 N–H and O–H groups in total. The molecular weight excluding hydrogens is 222 g/mol. The topological polar surface area (TPSA) is 78.6 Å². The van der Waals surface area contributed by atoms with Crippen LogP contribution in [-0.2, 0) is 9.57 Å². The van der Waals surface area contributed by atoms with Gasteiger partial charge in [0, 0.05) is 0 Å². The molecule has 0 fully saturated rings. The lowest BCUT2D eigenvalue weighted by molar-refractivity contribution is 0.0466. The van der Waals surface area contributed by atoms with E-state index in [0.29, 0.717) is 0 Å². The summed E-state index contributed by atoms with van der Waals surface area (Å²) < 4.78 is 4.78. The molecule has 0 heterocycles. The molecule has 1 rings (SSSR count). The van der Waals surface area contributed by atoms with Gasteiger partial charge in [0.2, 0.25) is 0 Å². The Morgan fingerprint density at radius 2 is 1.65 bits per heavy atom. The highest BCUT2D eigenvalue weighted by atomic mass is 16.7. The molecule has 0 radical (unpaired) electrons. The van der Waals surface area contributed by atoms with Crippen LogP contribution in [0.4, 0.5) is 0 Å². The Kier molecular flexibility index (Phi) is 7.05. The van der Waals surface area contributed by atoms with E-state index < -0.39 is 11.9 Å². The van der Waals surface area contributed by atoms with Crippen molar-refractivity contribution in [3.8, 4) is 0 Å². The lowest BCUT2D eigenvalue weighted by atomic mass is 10.1. The molecule has 0 atom stereocenters. The van der Waals surface area contributed by atoms with E-state index in [4.69, 9.17) is 10.6 Å². The monoisotopic (exact) mass is 237 g/mol. The number of nitrogens with two attached hydrogens (primary N) is 1. The molecule has 0 aliphatic rings. The largest absolute Gasteiger partial charge is 0.462 e. The molecule has 0 bridgehead atoms. The maximum atomic E-state index is 11.4. The number of ether oxygens (including phenoxy) is 1. The molecule has 0 aliphatic carbocycles. The average Bonchev–Trinajstić information content (AvgIpc) is 2.40. The number of rotatable bonds is 3. The van der Waals surface area contributed by atoms with E-state index in [1.54, 1.807) is 19.1 Å². The zero-order chi connectivity index (χ0) is 13.3. The second-order valence-corrected chi connectivity index (χ2v) is 2.67. The van der Waals surface area contributed by atoms with Crippen molar-refractivity contribution in [2.75, 3.05) is 6.61 Å². The van der Waals surface area contributed by atoms with Gasteiger partial charge in [-0.05, 0) is 19.1 Å². The molecule has 5 nitrogen and oxygen atoms in total. The number of benzene rings is 1. The molecule has 0 unspecified atom stereocenters. The molecule has 92 valence electrons. The highest BCUT2D eigenvalue weighted by molar-refractivity contribution is 6.02. The summed E-state index contributed by atoms with van der Waals surface area (Å²) in [6.07, 6.45) is 0. The van der Waals surface area contributed by atoms with Gasteiger partial charge in [-0.15, -0.1) is 13.2 Å². The van der Waals surface area contributed by atoms with Gasteiger partial charge in [0.1, 0.15) is 0 Å². The highest BCUT2D eigenvalue weighted by Crippen LogP contribution is 2.11. The summed E-state index contributed by atoms with van der Waals surface area (Å²) in [6, 6.07) is 6.15. The average molecular weight is 237 g/mol. The Bertz CT molecular complexity index is 390. The molecule has 0 aliphatic heterocycles. The van der Waals surface area contributed by atoms with E-state index in [1.807, 2.05) is 0 Å². The summed E-state index contributed by atoms with van der Waals surface area (Å²) in [5.74, 6) is 3.41. The lowest BCUT2D eigenvalue weighted by Crippen LogP contribution is -2.16. The quantitative estimate of drug-likeness (QED) is 0.491. The number of hydrogen-bond donors (Lipinski definition) is 1. The summed E-state index contributed by atoms with van der Waals surface area (Å²) >= 11 is 0. The van der Waals surface area contributed by atoms with Crippen molar-refractivity contribution in [3.05, 3.63) is 48.6 Å². The van der Waals surface area contributed by atoms with Crippen LogP contribution in [0.2, 0.25) is 0 Å². The number of carbonyl (C=O) groups is 2. The highest BCUT2D eigenvalue weighted by Gasteiger charge is 2.17. The molecule has 0 spiro atoms. The third-order valence-corrected chi connectivity index (χ3v) is 1.75. The van der Waals surface area contributed by atoms with Gasteiger partial charge in [-0.3, -0.25) is 0 Å². The zero-order valence-corrected chi connectivity index (χ0v) is 9.64. The first-order valence-electron chi connectivity index (χ1n) is 4.88. The second kappa shape index (κ2) is 8.06. The van der Waals surface area contributed by atoms with Crippen LogP contribution in [0, 0.1) is 0 Å². The number of hydrogen-bond acceptors (Lipinski definition) is 5. The molecule has 0 amide bonds. The fourth-order valence-electron chi connectivity index (χ4n) is 1.11. The molecule has 0 saturated heterocycles. The van der Waals surface area contributed by atoms with E-state index in [9.17, 15) is 9.59 Å². The predicted octanol–water partition coefficient (Wildman–Crippen LogP) is 1.70. The zero-order valence-electron chi connectivity index (χ0n) is 9.64. The SMILES string of the molecule is C=C.CCOC(=O)c1ccccc1C(=O)ON. The summed E-state index contributed by atoms with van der Waals surface area (Å²) in [5.41, 5.74) is 0.244. The van der Waals surface area contributed by atoms with Gasteiger partial charge in [0.15, 0.2) is 0 Å². The molecule has 1 aromatic rings. The minimum Gasteiger partial charge on any atom is -0.462 e. The van der Waals surface area contributed by atoms with E-state index in [0.717, 1.165) is 0 Å². The van der Waals surface area contributed by atoms with Gasteiger partial charge in [0.25, 0.3) is 0 Å². The van der Waals surface area contributed by atoms with Crippen LogP contribution in [0.15, 0.2) is 37.4 Å².